The van der Waals surface area contributed by atoms with Gasteiger partial charge in [-0.2, -0.15) is 0 Å². The maximum absolute atomic E-state index is 12.0. The van der Waals surface area contributed by atoms with Crippen LogP contribution < -0.4 is 16.0 Å². The summed E-state index contributed by atoms with van der Waals surface area (Å²) in [6.07, 6.45) is 0. The topological polar surface area (TPSA) is 134 Å². The van der Waals surface area contributed by atoms with Crippen LogP contribution >= 0.6 is 15.9 Å². The number of rotatable bonds is 7. The molecule has 1 heterocycles. The number of imide groups is 1. The number of carbonyl (C=O) groups is 5. The highest BCUT2D eigenvalue weighted by atomic mass is 79.9. The van der Waals surface area contributed by atoms with Gasteiger partial charge in [-0.15, -0.1) is 0 Å². The van der Waals surface area contributed by atoms with Crippen molar-refractivity contribution in [2.24, 2.45) is 0 Å². The molecular weight excluding hydrogens is 436 g/mol. The van der Waals surface area contributed by atoms with Crippen molar-refractivity contribution in [3.05, 3.63) is 28.7 Å². The van der Waals surface area contributed by atoms with E-state index in [4.69, 9.17) is 4.74 Å². The first kappa shape index (κ1) is 21.4. The smallest absolute Gasteiger partial charge is 0.326 e. The third-order valence-corrected chi connectivity index (χ3v) is 4.38. The summed E-state index contributed by atoms with van der Waals surface area (Å²) in [5, 5.41) is 7.32. The number of hydrogen-bond donors (Lipinski definition) is 3. The van der Waals surface area contributed by atoms with Crippen molar-refractivity contribution in [1.82, 2.24) is 15.5 Å². The molecule has 10 nitrogen and oxygen atoms in total. The van der Waals surface area contributed by atoms with Gasteiger partial charge in [0, 0.05) is 4.47 Å². The number of anilines is 1. The lowest BCUT2D eigenvalue weighted by molar-refractivity contribution is -0.151. The lowest BCUT2D eigenvalue weighted by Gasteiger charge is -2.15. The average Bonchev–Trinajstić information content (AvgIpc) is 2.82. The van der Waals surface area contributed by atoms with Crippen molar-refractivity contribution >= 4 is 51.3 Å². The molecule has 1 aliphatic rings. The van der Waals surface area contributed by atoms with Gasteiger partial charge in [-0.25, -0.2) is 4.79 Å². The number of nitrogens with zero attached hydrogens (tertiary/aromatic N) is 1. The maximum Gasteiger partial charge on any atom is 0.326 e. The first-order valence-corrected chi connectivity index (χ1v) is 9.00. The molecule has 0 bridgehead atoms. The summed E-state index contributed by atoms with van der Waals surface area (Å²) < 4.78 is 5.42. The summed E-state index contributed by atoms with van der Waals surface area (Å²) in [7, 11) is 0. The summed E-state index contributed by atoms with van der Waals surface area (Å²) >= 11 is 3.28. The number of carbonyl (C=O) groups excluding carboxylic acids is 5. The Balaban J connectivity index is 1.71. The largest absolute Gasteiger partial charge is 0.454 e. The quantitative estimate of drug-likeness (QED) is 0.402. The molecule has 0 aliphatic carbocycles. The van der Waals surface area contributed by atoms with Gasteiger partial charge in [-0.1, -0.05) is 12.1 Å². The van der Waals surface area contributed by atoms with Crippen LogP contribution in [0.1, 0.15) is 13.8 Å². The van der Waals surface area contributed by atoms with E-state index in [2.05, 4.69) is 31.9 Å². The van der Waals surface area contributed by atoms with Gasteiger partial charge in [0.1, 0.15) is 12.1 Å². The van der Waals surface area contributed by atoms with Crippen molar-refractivity contribution in [3.63, 3.8) is 0 Å². The van der Waals surface area contributed by atoms with Crippen LogP contribution in [0.4, 0.5) is 10.5 Å². The van der Waals surface area contributed by atoms with Gasteiger partial charge < -0.3 is 20.7 Å². The molecule has 3 N–H and O–H groups in total. The third-order valence-electron chi connectivity index (χ3n) is 3.69. The van der Waals surface area contributed by atoms with Gasteiger partial charge in [0.05, 0.1) is 12.2 Å². The molecule has 1 saturated heterocycles. The summed E-state index contributed by atoms with van der Waals surface area (Å²) in [6.45, 7) is 1.44. The highest BCUT2D eigenvalue weighted by Crippen LogP contribution is 2.20. The van der Waals surface area contributed by atoms with E-state index in [0.29, 0.717) is 15.1 Å². The molecule has 1 aromatic rings. The predicted octanol–water partition coefficient (Wildman–Crippen LogP) is 0.377. The normalized spacial score (nSPS) is 15.0. The van der Waals surface area contributed by atoms with Crippen LogP contribution in [-0.4, -0.2) is 59.9 Å². The highest BCUT2D eigenvalue weighted by molar-refractivity contribution is 9.10. The Morgan fingerprint density at radius 1 is 1.18 bits per heavy atom. The van der Waals surface area contributed by atoms with Gasteiger partial charge in [0.25, 0.3) is 11.8 Å². The fourth-order valence-corrected chi connectivity index (χ4v) is 2.65. The van der Waals surface area contributed by atoms with Crippen molar-refractivity contribution in [1.29, 1.82) is 0 Å². The molecule has 2 rings (SSSR count). The third kappa shape index (κ3) is 5.52. The Morgan fingerprint density at radius 3 is 2.46 bits per heavy atom. The fourth-order valence-electron chi connectivity index (χ4n) is 2.27. The summed E-state index contributed by atoms with van der Waals surface area (Å²) in [5.74, 6) is -2.65. The summed E-state index contributed by atoms with van der Waals surface area (Å²) in [6, 6.07) is 6.25. The molecule has 11 heteroatoms. The minimum absolute atomic E-state index is 0.321. The van der Waals surface area contributed by atoms with E-state index >= 15 is 0 Å². The van der Waals surface area contributed by atoms with Gasteiger partial charge in [0.15, 0.2) is 6.61 Å². The van der Waals surface area contributed by atoms with Crippen LogP contribution in [0.3, 0.4) is 0 Å². The van der Waals surface area contributed by atoms with Crippen LogP contribution in [-0.2, 0) is 23.9 Å². The van der Waals surface area contributed by atoms with Gasteiger partial charge in [0.2, 0.25) is 5.91 Å². The van der Waals surface area contributed by atoms with Crippen molar-refractivity contribution in [3.8, 4) is 0 Å². The molecule has 1 aromatic carbocycles. The Bertz CT molecular complexity index is 826. The first-order chi connectivity index (χ1) is 13.1. The minimum Gasteiger partial charge on any atom is -0.454 e. The Hall–Kier alpha value is -2.95. The number of esters is 1. The molecule has 0 unspecified atom stereocenters. The second kappa shape index (κ2) is 8.83. The lowest BCUT2D eigenvalue weighted by atomic mass is 10.1. The van der Waals surface area contributed by atoms with E-state index < -0.39 is 48.4 Å². The number of amides is 5. The van der Waals surface area contributed by atoms with E-state index in [9.17, 15) is 24.0 Å². The molecule has 150 valence electrons. The summed E-state index contributed by atoms with van der Waals surface area (Å²) in [4.78, 5) is 59.7. The van der Waals surface area contributed by atoms with E-state index in [1.165, 1.54) is 13.8 Å². The van der Waals surface area contributed by atoms with Crippen molar-refractivity contribution in [2.45, 2.75) is 19.4 Å². The SMILES string of the molecule is CC1(C)NC(=O)N(CC(=O)OCC(=O)NCC(=O)Nc2ccccc2Br)C1=O. The lowest BCUT2D eigenvalue weighted by Crippen LogP contribution is -2.41. The second-order valence-corrected chi connectivity index (χ2v) is 7.27. The number of urea groups is 1. The highest BCUT2D eigenvalue weighted by Gasteiger charge is 2.45. The number of hydrogen-bond acceptors (Lipinski definition) is 6. The Labute approximate surface area is 169 Å². The van der Waals surface area contributed by atoms with Crippen LogP contribution in [0.5, 0.6) is 0 Å². The molecule has 0 aromatic heterocycles. The molecule has 28 heavy (non-hydrogen) atoms. The number of para-hydroxylation sites is 1. The van der Waals surface area contributed by atoms with E-state index in [0.717, 1.165) is 0 Å². The molecule has 0 radical (unpaired) electrons. The number of ether oxygens (including phenoxy) is 1. The van der Waals surface area contributed by atoms with Crippen LogP contribution in [0.2, 0.25) is 0 Å². The monoisotopic (exact) mass is 454 g/mol. The predicted molar refractivity (Wildman–Crippen MR) is 101 cm³/mol. The minimum atomic E-state index is -1.10. The Kier molecular flexibility index (Phi) is 6.73. The van der Waals surface area contributed by atoms with E-state index in [-0.39, 0.29) is 6.54 Å². The first-order valence-electron chi connectivity index (χ1n) is 8.21. The molecule has 0 atom stereocenters. The maximum atomic E-state index is 12.0. The van der Waals surface area contributed by atoms with Gasteiger partial charge >= 0.3 is 12.0 Å². The molecular formula is C17H19BrN4O6. The molecule has 1 aliphatic heterocycles. The van der Waals surface area contributed by atoms with Crippen LogP contribution in [0, 0.1) is 0 Å². The second-order valence-electron chi connectivity index (χ2n) is 6.41. The standard InChI is InChI=1S/C17H19BrN4O6/c1-17(2)15(26)22(16(27)21-17)8-14(25)28-9-13(24)19-7-12(23)20-11-6-4-3-5-10(11)18/h3-6H,7-9H2,1-2H3,(H,19,24)(H,20,23)(H,21,27). The zero-order valence-corrected chi connectivity index (χ0v) is 16.8. The Morgan fingerprint density at radius 2 is 1.86 bits per heavy atom. The molecule has 1 fully saturated rings. The number of nitrogens with one attached hydrogen (secondary N) is 3. The molecule has 0 spiro atoms. The molecule has 5 amide bonds. The fraction of sp³-hybridized carbons (Fsp3) is 0.353. The van der Waals surface area contributed by atoms with E-state index in [1.54, 1.807) is 24.3 Å². The van der Waals surface area contributed by atoms with Gasteiger partial charge in [-0.3, -0.25) is 24.1 Å². The average molecular weight is 455 g/mol. The molecule has 0 saturated carbocycles. The summed E-state index contributed by atoms with van der Waals surface area (Å²) in [5.41, 5.74) is -0.555. The van der Waals surface area contributed by atoms with Gasteiger partial charge in [-0.05, 0) is 41.9 Å². The van der Waals surface area contributed by atoms with Crippen LogP contribution in [0.25, 0.3) is 0 Å². The zero-order valence-electron chi connectivity index (χ0n) is 15.2. The van der Waals surface area contributed by atoms with Crippen molar-refractivity contribution in [2.75, 3.05) is 25.0 Å². The van der Waals surface area contributed by atoms with Crippen LogP contribution in [0.15, 0.2) is 28.7 Å². The number of halogens is 1. The zero-order chi connectivity index (χ0) is 20.9. The van der Waals surface area contributed by atoms with E-state index in [1.807, 2.05) is 0 Å². The van der Waals surface area contributed by atoms with Crippen molar-refractivity contribution < 1.29 is 28.7 Å². The number of benzene rings is 1.